The second-order valence-electron chi connectivity index (χ2n) is 4.83. The zero-order chi connectivity index (χ0) is 16.4. The Morgan fingerprint density at radius 2 is 1.95 bits per heavy atom. The number of alkyl halides is 3. The summed E-state index contributed by atoms with van der Waals surface area (Å²) in [4.78, 5) is 12.4. The van der Waals surface area contributed by atoms with Gasteiger partial charge in [0.1, 0.15) is 0 Å². The van der Waals surface area contributed by atoms with Gasteiger partial charge in [-0.05, 0) is 25.1 Å². The SMILES string of the molecule is CC(C)Sc1ccc(NC(=O)[C@@](C)(O)C(F)(F)F)c(Cl)c1. The molecule has 1 atom stereocenters. The first-order valence-corrected chi connectivity index (χ1v) is 7.27. The van der Waals surface area contributed by atoms with Crippen LogP contribution in [-0.4, -0.2) is 28.0 Å². The van der Waals surface area contributed by atoms with Crippen molar-refractivity contribution >= 4 is 35.0 Å². The van der Waals surface area contributed by atoms with E-state index in [-0.39, 0.29) is 10.7 Å². The zero-order valence-corrected chi connectivity index (χ0v) is 13.2. The second kappa shape index (κ2) is 6.46. The van der Waals surface area contributed by atoms with Crippen LogP contribution >= 0.6 is 23.4 Å². The number of nitrogens with one attached hydrogen (secondary N) is 1. The van der Waals surface area contributed by atoms with Gasteiger partial charge in [-0.1, -0.05) is 25.4 Å². The van der Waals surface area contributed by atoms with Gasteiger partial charge in [0.15, 0.2) is 0 Å². The molecule has 0 heterocycles. The van der Waals surface area contributed by atoms with Crippen molar-refractivity contribution in [1.29, 1.82) is 0 Å². The summed E-state index contributed by atoms with van der Waals surface area (Å²) < 4.78 is 37.6. The Kier molecular flexibility index (Phi) is 5.57. The summed E-state index contributed by atoms with van der Waals surface area (Å²) >= 11 is 7.45. The molecule has 21 heavy (non-hydrogen) atoms. The molecular formula is C13H15ClF3NO2S. The lowest BCUT2D eigenvalue weighted by Crippen LogP contribution is -2.52. The summed E-state index contributed by atoms with van der Waals surface area (Å²) in [7, 11) is 0. The molecule has 1 rings (SSSR count). The Morgan fingerprint density at radius 3 is 2.38 bits per heavy atom. The van der Waals surface area contributed by atoms with Crippen LogP contribution in [0.15, 0.2) is 23.1 Å². The number of amides is 1. The number of aliphatic hydroxyl groups is 1. The molecule has 0 aliphatic rings. The number of hydrogen-bond acceptors (Lipinski definition) is 3. The second-order valence-corrected chi connectivity index (χ2v) is 6.89. The van der Waals surface area contributed by atoms with E-state index in [1.807, 2.05) is 19.2 Å². The normalized spacial score (nSPS) is 14.9. The molecule has 0 aliphatic carbocycles. The van der Waals surface area contributed by atoms with Crippen LogP contribution in [0.25, 0.3) is 0 Å². The zero-order valence-electron chi connectivity index (χ0n) is 11.6. The quantitative estimate of drug-likeness (QED) is 0.811. The van der Waals surface area contributed by atoms with Crippen LogP contribution in [0.1, 0.15) is 20.8 Å². The number of thioether (sulfide) groups is 1. The largest absolute Gasteiger partial charge is 0.426 e. The van der Waals surface area contributed by atoms with E-state index in [0.717, 1.165) is 4.90 Å². The van der Waals surface area contributed by atoms with Gasteiger partial charge in [0.05, 0.1) is 10.7 Å². The van der Waals surface area contributed by atoms with Crippen molar-refractivity contribution in [2.24, 2.45) is 0 Å². The Bertz CT molecular complexity index is 533. The molecule has 118 valence electrons. The number of rotatable bonds is 4. The molecular weight excluding hydrogens is 327 g/mol. The fraction of sp³-hybridized carbons (Fsp3) is 0.462. The van der Waals surface area contributed by atoms with Crippen LogP contribution in [-0.2, 0) is 4.79 Å². The number of benzene rings is 1. The van der Waals surface area contributed by atoms with Crippen LogP contribution in [0.2, 0.25) is 5.02 Å². The molecule has 2 N–H and O–H groups in total. The summed E-state index contributed by atoms with van der Waals surface area (Å²) in [6.07, 6.45) is -5.07. The minimum absolute atomic E-state index is 0.0132. The highest BCUT2D eigenvalue weighted by molar-refractivity contribution is 7.99. The maximum atomic E-state index is 12.5. The van der Waals surface area contributed by atoms with E-state index in [4.69, 9.17) is 11.6 Å². The first kappa shape index (κ1) is 18.1. The smallest absolute Gasteiger partial charge is 0.373 e. The Labute approximate surface area is 129 Å². The molecule has 0 unspecified atom stereocenters. The molecule has 1 aromatic rings. The average molecular weight is 342 g/mol. The molecule has 0 radical (unpaired) electrons. The van der Waals surface area contributed by atoms with Crippen LogP contribution in [0, 0.1) is 0 Å². The predicted octanol–water partition coefficient (Wildman–Crippen LogP) is 4.09. The molecule has 3 nitrogen and oxygen atoms in total. The number of anilines is 1. The molecule has 0 aliphatic heterocycles. The summed E-state index contributed by atoms with van der Waals surface area (Å²) in [5.41, 5.74) is -3.47. The molecule has 0 bridgehead atoms. The van der Waals surface area contributed by atoms with Gasteiger partial charge in [-0.15, -0.1) is 11.8 Å². The van der Waals surface area contributed by atoms with E-state index in [9.17, 15) is 23.1 Å². The van der Waals surface area contributed by atoms with Crippen molar-refractivity contribution in [2.45, 2.75) is 42.7 Å². The molecule has 1 aromatic carbocycles. The fourth-order valence-corrected chi connectivity index (χ4v) is 2.48. The minimum atomic E-state index is -5.07. The lowest BCUT2D eigenvalue weighted by atomic mass is 10.1. The van der Waals surface area contributed by atoms with Crippen LogP contribution in [0.5, 0.6) is 0 Å². The minimum Gasteiger partial charge on any atom is -0.373 e. The summed E-state index contributed by atoms with van der Waals surface area (Å²) in [6.45, 7) is 4.35. The van der Waals surface area contributed by atoms with Gasteiger partial charge in [-0.25, -0.2) is 0 Å². The van der Waals surface area contributed by atoms with Gasteiger partial charge < -0.3 is 10.4 Å². The molecule has 1 amide bonds. The first-order valence-electron chi connectivity index (χ1n) is 6.02. The number of carbonyl (C=O) groups excluding carboxylic acids is 1. The highest BCUT2D eigenvalue weighted by Gasteiger charge is 2.55. The van der Waals surface area contributed by atoms with Crippen LogP contribution in [0.3, 0.4) is 0 Å². The topological polar surface area (TPSA) is 49.3 Å². The fourth-order valence-electron chi connectivity index (χ4n) is 1.32. The van der Waals surface area contributed by atoms with Crippen molar-refractivity contribution in [3.05, 3.63) is 23.2 Å². The van der Waals surface area contributed by atoms with E-state index in [1.54, 1.807) is 12.1 Å². The van der Waals surface area contributed by atoms with Gasteiger partial charge in [0.2, 0.25) is 5.60 Å². The van der Waals surface area contributed by atoms with Crippen molar-refractivity contribution in [2.75, 3.05) is 5.32 Å². The van der Waals surface area contributed by atoms with Crippen molar-refractivity contribution in [3.63, 3.8) is 0 Å². The molecule has 0 fully saturated rings. The van der Waals surface area contributed by atoms with Gasteiger partial charge in [0, 0.05) is 10.1 Å². The third-order valence-corrected chi connectivity index (χ3v) is 3.86. The molecule has 0 saturated heterocycles. The highest BCUT2D eigenvalue weighted by Crippen LogP contribution is 2.34. The summed E-state index contributed by atoms with van der Waals surface area (Å²) in [5, 5.41) is 11.7. The number of halogens is 4. The maximum absolute atomic E-state index is 12.5. The first-order chi connectivity index (χ1) is 9.45. The number of carbonyl (C=O) groups is 1. The lowest BCUT2D eigenvalue weighted by molar-refractivity contribution is -0.242. The summed E-state index contributed by atoms with van der Waals surface area (Å²) in [6, 6.07) is 4.58. The average Bonchev–Trinajstić information content (AvgIpc) is 2.30. The van der Waals surface area contributed by atoms with E-state index in [0.29, 0.717) is 12.2 Å². The van der Waals surface area contributed by atoms with Gasteiger partial charge >= 0.3 is 6.18 Å². The third-order valence-electron chi connectivity index (χ3n) is 2.55. The Hall–Kier alpha value is -0.920. The van der Waals surface area contributed by atoms with Crippen LogP contribution < -0.4 is 5.32 Å². The Balaban J connectivity index is 2.92. The van der Waals surface area contributed by atoms with Crippen molar-refractivity contribution in [1.82, 2.24) is 0 Å². The molecule has 0 aromatic heterocycles. The molecule has 0 spiro atoms. The van der Waals surface area contributed by atoms with E-state index < -0.39 is 17.7 Å². The Morgan fingerprint density at radius 1 is 1.38 bits per heavy atom. The maximum Gasteiger partial charge on any atom is 0.426 e. The van der Waals surface area contributed by atoms with E-state index in [2.05, 4.69) is 0 Å². The van der Waals surface area contributed by atoms with E-state index in [1.165, 1.54) is 17.8 Å². The monoisotopic (exact) mass is 341 g/mol. The third kappa shape index (κ3) is 4.52. The van der Waals surface area contributed by atoms with Gasteiger partial charge in [-0.3, -0.25) is 4.79 Å². The van der Waals surface area contributed by atoms with Gasteiger partial charge in [-0.2, -0.15) is 13.2 Å². The van der Waals surface area contributed by atoms with Crippen molar-refractivity contribution < 1.29 is 23.1 Å². The highest BCUT2D eigenvalue weighted by atomic mass is 35.5. The summed E-state index contributed by atoms with van der Waals surface area (Å²) in [5.74, 6) is -1.58. The molecule has 8 heteroatoms. The van der Waals surface area contributed by atoms with Gasteiger partial charge in [0.25, 0.3) is 5.91 Å². The van der Waals surface area contributed by atoms with E-state index >= 15 is 0 Å². The number of hydrogen-bond donors (Lipinski definition) is 2. The predicted molar refractivity (Wildman–Crippen MR) is 77.8 cm³/mol. The lowest BCUT2D eigenvalue weighted by Gasteiger charge is -2.25. The standard InChI is InChI=1S/C13H15ClF3NO2S/c1-7(2)21-8-4-5-10(9(14)6-8)18-11(19)12(3,20)13(15,16)17/h4-7,20H,1-3H3,(H,18,19)/t12-/m1/s1. The van der Waals surface area contributed by atoms with Crippen molar-refractivity contribution in [3.8, 4) is 0 Å². The molecule has 0 saturated carbocycles. The van der Waals surface area contributed by atoms with Crippen LogP contribution in [0.4, 0.5) is 18.9 Å².